The molecule has 0 rings (SSSR count). The maximum atomic E-state index is 11.8. The van der Waals surface area contributed by atoms with Gasteiger partial charge in [-0.25, -0.2) is 9.59 Å². The van der Waals surface area contributed by atoms with Crippen LogP contribution in [0.15, 0.2) is 12.7 Å². The minimum atomic E-state index is -3.18. The fraction of sp³-hybridized carbons (Fsp3) is 0.556. The summed E-state index contributed by atoms with van der Waals surface area (Å²) in [7, 11) is 0. The van der Waals surface area contributed by atoms with Crippen molar-refractivity contribution in [2.24, 2.45) is 0 Å². The molecule has 1 amide bonds. The standard InChI is InChI=1S/C9H13F2NO5/c1-2-5-16-9(15)12-4-3-6(7(13)14)17-8(10)11/h2,6,8H,1,3-5H2,(H,12,15)(H,13,14)/t6-/m0/s1. The van der Waals surface area contributed by atoms with Crippen LogP contribution >= 0.6 is 0 Å². The number of nitrogens with one attached hydrogen (secondary N) is 1. The molecule has 0 aliphatic heterocycles. The van der Waals surface area contributed by atoms with Crippen LogP contribution < -0.4 is 5.32 Å². The highest BCUT2D eigenvalue weighted by Gasteiger charge is 2.22. The van der Waals surface area contributed by atoms with Gasteiger partial charge in [0.15, 0.2) is 6.10 Å². The van der Waals surface area contributed by atoms with E-state index in [1.165, 1.54) is 6.08 Å². The van der Waals surface area contributed by atoms with Gasteiger partial charge in [-0.2, -0.15) is 8.78 Å². The molecule has 17 heavy (non-hydrogen) atoms. The average Bonchev–Trinajstić information content (AvgIpc) is 2.24. The molecule has 98 valence electrons. The van der Waals surface area contributed by atoms with Gasteiger partial charge in [-0.05, 0) is 0 Å². The van der Waals surface area contributed by atoms with E-state index < -0.39 is 24.8 Å². The minimum absolute atomic E-state index is 0.00171. The lowest BCUT2D eigenvalue weighted by atomic mass is 10.2. The molecule has 0 spiro atoms. The third kappa shape index (κ3) is 8.14. The van der Waals surface area contributed by atoms with Crippen LogP contribution in [0.25, 0.3) is 0 Å². The second-order valence-corrected chi connectivity index (χ2v) is 2.83. The first-order chi connectivity index (χ1) is 7.97. The Hall–Kier alpha value is -1.70. The second-order valence-electron chi connectivity index (χ2n) is 2.83. The Labute approximate surface area is 96.2 Å². The number of halogens is 2. The number of ether oxygens (including phenoxy) is 2. The molecule has 0 radical (unpaired) electrons. The molecule has 0 bridgehead atoms. The number of hydrogen-bond acceptors (Lipinski definition) is 4. The van der Waals surface area contributed by atoms with Gasteiger partial charge in [0.1, 0.15) is 6.61 Å². The predicted molar refractivity (Wildman–Crippen MR) is 52.7 cm³/mol. The summed E-state index contributed by atoms with van der Waals surface area (Å²) in [4.78, 5) is 21.3. The van der Waals surface area contributed by atoms with Gasteiger partial charge in [0.05, 0.1) is 0 Å². The molecule has 1 atom stereocenters. The number of amides is 1. The third-order valence-electron chi connectivity index (χ3n) is 1.55. The average molecular weight is 253 g/mol. The summed E-state index contributed by atoms with van der Waals surface area (Å²) >= 11 is 0. The van der Waals surface area contributed by atoms with Crippen molar-refractivity contribution < 1.29 is 33.0 Å². The molecule has 0 saturated heterocycles. The summed E-state index contributed by atoms with van der Waals surface area (Å²) in [5.74, 6) is -1.52. The molecule has 0 aromatic rings. The summed E-state index contributed by atoms with van der Waals surface area (Å²) in [6.07, 6.45) is -1.40. The van der Waals surface area contributed by atoms with Crippen LogP contribution in [-0.2, 0) is 14.3 Å². The van der Waals surface area contributed by atoms with Gasteiger partial charge in [-0.3, -0.25) is 0 Å². The highest BCUT2D eigenvalue weighted by atomic mass is 19.3. The number of carbonyl (C=O) groups excluding carboxylic acids is 1. The van der Waals surface area contributed by atoms with Crippen LogP contribution in [0.1, 0.15) is 6.42 Å². The van der Waals surface area contributed by atoms with Crippen LogP contribution in [0.4, 0.5) is 13.6 Å². The Kier molecular flexibility index (Phi) is 7.61. The third-order valence-corrected chi connectivity index (χ3v) is 1.55. The minimum Gasteiger partial charge on any atom is -0.479 e. The van der Waals surface area contributed by atoms with Crippen molar-refractivity contribution in [3.63, 3.8) is 0 Å². The molecule has 0 fully saturated rings. The maximum absolute atomic E-state index is 11.8. The van der Waals surface area contributed by atoms with Crippen molar-refractivity contribution in [3.05, 3.63) is 12.7 Å². The highest BCUT2D eigenvalue weighted by molar-refractivity contribution is 5.72. The van der Waals surface area contributed by atoms with Gasteiger partial charge in [-0.15, -0.1) is 0 Å². The summed E-state index contributed by atoms with van der Waals surface area (Å²) < 4.78 is 31.9. The molecule has 0 aromatic carbocycles. The Morgan fingerprint density at radius 2 is 2.12 bits per heavy atom. The van der Waals surface area contributed by atoms with Crippen molar-refractivity contribution in [3.8, 4) is 0 Å². The van der Waals surface area contributed by atoms with Crippen LogP contribution in [0.5, 0.6) is 0 Å². The van der Waals surface area contributed by atoms with E-state index in [1.807, 2.05) is 0 Å². The van der Waals surface area contributed by atoms with E-state index in [0.29, 0.717) is 0 Å². The number of carboxylic acid groups (broad SMARTS) is 1. The van der Waals surface area contributed by atoms with Gasteiger partial charge in [0.2, 0.25) is 0 Å². The predicted octanol–water partition coefficient (Wildman–Crippen LogP) is 0.981. The Balaban J connectivity index is 3.85. The summed E-state index contributed by atoms with van der Waals surface area (Å²) in [6, 6.07) is 0. The van der Waals surface area contributed by atoms with E-state index >= 15 is 0 Å². The number of rotatable bonds is 8. The number of alkyl carbamates (subject to hydrolysis) is 1. The number of alkyl halides is 2. The molecular formula is C9H13F2NO5. The molecule has 2 N–H and O–H groups in total. The molecule has 0 aliphatic carbocycles. The topological polar surface area (TPSA) is 84.9 Å². The summed E-state index contributed by atoms with van der Waals surface area (Å²) in [5.41, 5.74) is 0. The second kappa shape index (κ2) is 8.45. The zero-order valence-electron chi connectivity index (χ0n) is 8.90. The molecule has 6 nitrogen and oxygen atoms in total. The first-order valence-electron chi connectivity index (χ1n) is 4.65. The molecule has 0 aromatic heterocycles. The number of aliphatic carboxylic acids is 1. The van der Waals surface area contributed by atoms with Crippen LogP contribution in [0.3, 0.4) is 0 Å². The van der Waals surface area contributed by atoms with Crippen molar-refractivity contribution in [1.29, 1.82) is 0 Å². The van der Waals surface area contributed by atoms with Crippen LogP contribution in [0, 0.1) is 0 Å². The summed E-state index contributed by atoms with van der Waals surface area (Å²) in [5, 5.41) is 10.7. The lowest BCUT2D eigenvalue weighted by molar-refractivity contribution is -0.187. The highest BCUT2D eigenvalue weighted by Crippen LogP contribution is 2.05. The Bertz CT molecular complexity index is 272. The van der Waals surface area contributed by atoms with E-state index in [1.54, 1.807) is 0 Å². The van der Waals surface area contributed by atoms with Crippen molar-refractivity contribution in [1.82, 2.24) is 5.32 Å². The first kappa shape index (κ1) is 15.3. The molecule has 0 unspecified atom stereocenters. The number of carboxylic acids is 1. The fourth-order valence-electron chi connectivity index (χ4n) is 0.865. The molecule has 8 heteroatoms. The molecule has 0 saturated carbocycles. The zero-order valence-corrected chi connectivity index (χ0v) is 8.90. The number of hydrogen-bond donors (Lipinski definition) is 2. The molecule has 0 aliphatic rings. The van der Waals surface area contributed by atoms with E-state index in [4.69, 9.17) is 5.11 Å². The van der Waals surface area contributed by atoms with Gasteiger partial charge in [0, 0.05) is 13.0 Å². The lowest BCUT2D eigenvalue weighted by Gasteiger charge is -2.12. The van der Waals surface area contributed by atoms with Crippen molar-refractivity contribution in [2.45, 2.75) is 19.1 Å². The smallest absolute Gasteiger partial charge is 0.407 e. The fourth-order valence-corrected chi connectivity index (χ4v) is 0.865. The zero-order chi connectivity index (χ0) is 13.3. The Morgan fingerprint density at radius 1 is 1.47 bits per heavy atom. The summed E-state index contributed by atoms with van der Waals surface area (Å²) in [6.45, 7) is -0.0175. The van der Waals surface area contributed by atoms with Crippen molar-refractivity contribution >= 4 is 12.1 Å². The van der Waals surface area contributed by atoms with E-state index in [2.05, 4.69) is 21.4 Å². The Morgan fingerprint density at radius 3 is 2.59 bits per heavy atom. The van der Waals surface area contributed by atoms with Crippen LogP contribution in [-0.4, -0.2) is 43.0 Å². The van der Waals surface area contributed by atoms with E-state index in [-0.39, 0.29) is 19.6 Å². The van der Waals surface area contributed by atoms with E-state index in [0.717, 1.165) is 0 Å². The number of carbonyl (C=O) groups is 2. The first-order valence-corrected chi connectivity index (χ1v) is 4.65. The normalized spacial score (nSPS) is 11.9. The van der Waals surface area contributed by atoms with E-state index in [9.17, 15) is 18.4 Å². The monoisotopic (exact) mass is 253 g/mol. The van der Waals surface area contributed by atoms with Gasteiger partial charge < -0.3 is 19.9 Å². The molecular weight excluding hydrogens is 240 g/mol. The quantitative estimate of drug-likeness (QED) is 0.630. The van der Waals surface area contributed by atoms with Gasteiger partial charge in [-0.1, -0.05) is 12.7 Å². The molecule has 0 heterocycles. The van der Waals surface area contributed by atoms with Gasteiger partial charge >= 0.3 is 18.7 Å². The van der Waals surface area contributed by atoms with Crippen molar-refractivity contribution in [2.75, 3.05) is 13.2 Å². The maximum Gasteiger partial charge on any atom is 0.407 e. The SMILES string of the molecule is C=CCOC(=O)NCC[C@H](OC(F)F)C(=O)O. The van der Waals surface area contributed by atoms with Crippen LogP contribution in [0.2, 0.25) is 0 Å². The lowest BCUT2D eigenvalue weighted by Crippen LogP contribution is -2.33. The largest absolute Gasteiger partial charge is 0.479 e. The van der Waals surface area contributed by atoms with Gasteiger partial charge in [0.25, 0.3) is 0 Å².